The lowest BCUT2D eigenvalue weighted by Gasteiger charge is -2.47. The maximum absolute atomic E-state index is 13.6. The highest BCUT2D eigenvalue weighted by Gasteiger charge is 2.51. The number of hydrogen-bond acceptors (Lipinski definition) is 3. The van der Waals surface area contributed by atoms with E-state index in [1.807, 2.05) is 54.6 Å². The van der Waals surface area contributed by atoms with Crippen LogP contribution in [0.4, 0.5) is 0 Å². The van der Waals surface area contributed by atoms with Crippen molar-refractivity contribution < 1.29 is 14.3 Å². The fourth-order valence-electron chi connectivity index (χ4n) is 4.44. The first-order valence-corrected chi connectivity index (χ1v) is 9.94. The summed E-state index contributed by atoms with van der Waals surface area (Å²) in [6.07, 6.45) is 4.50. The molecule has 1 aliphatic carbocycles. The lowest BCUT2D eigenvalue weighted by atomic mass is 9.78. The van der Waals surface area contributed by atoms with Crippen LogP contribution in [0.15, 0.2) is 54.6 Å². The number of hydrogen-bond donors (Lipinski definition) is 1. The highest BCUT2D eigenvalue weighted by molar-refractivity contribution is 6.00. The summed E-state index contributed by atoms with van der Waals surface area (Å²) >= 11 is 0. The van der Waals surface area contributed by atoms with Crippen molar-refractivity contribution >= 4 is 11.8 Å². The van der Waals surface area contributed by atoms with Gasteiger partial charge in [-0.25, -0.2) is 0 Å². The predicted molar refractivity (Wildman–Crippen MR) is 107 cm³/mol. The minimum atomic E-state index is -0.743. The smallest absolute Gasteiger partial charge is 0.249 e. The summed E-state index contributed by atoms with van der Waals surface area (Å²) in [5.41, 5.74) is 1.08. The predicted octanol–water partition coefficient (Wildman–Crippen LogP) is 3.60. The van der Waals surface area contributed by atoms with Gasteiger partial charge in [-0.05, 0) is 36.1 Å². The largest absolute Gasteiger partial charge is 0.497 e. The molecular formula is C23H26N2O3. The second-order valence-corrected chi connectivity index (χ2v) is 7.73. The molecule has 1 heterocycles. The maximum atomic E-state index is 13.6. The number of amides is 2. The zero-order valence-electron chi connectivity index (χ0n) is 16.2. The normalized spacial score (nSPS) is 21.5. The second-order valence-electron chi connectivity index (χ2n) is 7.73. The van der Waals surface area contributed by atoms with Gasteiger partial charge in [-0.15, -0.1) is 0 Å². The van der Waals surface area contributed by atoms with Gasteiger partial charge in [0.2, 0.25) is 11.8 Å². The van der Waals surface area contributed by atoms with Crippen molar-refractivity contribution in [3.05, 3.63) is 65.7 Å². The monoisotopic (exact) mass is 378 g/mol. The molecule has 1 saturated carbocycles. The van der Waals surface area contributed by atoms with Crippen molar-refractivity contribution in [2.24, 2.45) is 0 Å². The average Bonchev–Trinajstić information content (AvgIpc) is 2.74. The SMILES string of the molecule is COc1ccc(CN2C(=O)C3(CCCCC3)NC(=O)C2c2ccccc2)cc1. The van der Waals surface area contributed by atoms with Crippen LogP contribution in [0.1, 0.15) is 49.3 Å². The van der Waals surface area contributed by atoms with Crippen LogP contribution in [0.5, 0.6) is 5.75 Å². The van der Waals surface area contributed by atoms with Crippen molar-refractivity contribution in [3.8, 4) is 5.75 Å². The van der Waals surface area contributed by atoms with Gasteiger partial charge in [-0.1, -0.05) is 61.7 Å². The van der Waals surface area contributed by atoms with Gasteiger partial charge in [0.05, 0.1) is 7.11 Å². The third-order valence-corrected chi connectivity index (χ3v) is 5.93. The number of nitrogens with zero attached hydrogens (tertiary/aromatic N) is 1. The molecule has 146 valence electrons. The molecule has 2 amide bonds. The Hall–Kier alpha value is -2.82. The molecule has 0 aromatic heterocycles. The number of carbonyl (C=O) groups is 2. The van der Waals surface area contributed by atoms with E-state index >= 15 is 0 Å². The zero-order chi connectivity index (χ0) is 19.6. The van der Waals surface area contributed by atoms with Crippen LogP contribution in [0.25, 0.3) is 0 Å². The van der Waals surface area contributed by atoms with E-state index in [0.717, 1.165) is 49.0 Å². The average molecular weight is 378 g/mol. The Morgan fingerprint density at radius 1 is 1.00 bits per heavy atom. The molecule has 4 rings (SSSR count). The first kappa shape index (κ1) is 18.5. The van der Waals surface area contributed by atoms with Crippen LogP contribution in [-0.2, 0) is 16.1 Å². The molecule has 1 atom stereocenters. The number of methoxy groups -OCH3 is 1. The van der Waals surface area contributed by atoms with Gasteiger partial charge in [0, 0.05) is 6.54 Å². The fourth-order valence-corrected chi connectivity index (χ4v) is 4.44. The topological polar surface area (TPSA) is 58.6 Å². The van der Waals surface area contributed by atoms with Gasteiger partial charge in [0.25, 0.3) is 0 Å². The molecule has 1 unspecified atom stereocenters. The van der Waals surface area contributed by atoms with Gasteiger partial charge in [0.1, 0.15) is 17.3 Å². The Morgan fingerprint density at radius 2 is 1.68 bits per heavy atom. The molecule has 2 aliphatic rings. The molecule has 0 bridgehead atoms. The van der Waals surface area contributed by atoms with E-state index in [1.54, 1.807) is 12.0 Å². The molecule has 2 aromatic carbocycles. The lowest BCUT2D eigenvalue weighted by Crippen LogP contribution is -2.67. The molecule has 5 heteroatoms. The molecule has 2 aromatic rings. The van der Waals surface area contributed by atoms with E-state index in [0.29, 0.717) is 6.54 Å². The Balaban J connectivity index is 1.70. The van der Waals surface area contributed by atoms with Gasteiger partial charge in [0.15, 0.2) is 0 Å². The number of carbonyl (C=O) groups excluding carboxylic acids is 2. The molecule has 1 aliphatic heterocycles. The van der Waals surface area contributed by atoms with Gasteiger partial charge in [-0.2, -0.15) is 0 Å². The van der Waals surface area contributed by atoms with Crippen LogP contribution < -0.4 is 10.1 Å². The van der Waals surface area contributed by atoms with Crippen molar-refractivity contribution in [2.45, 2.75) is 50.2 Å². The quantitative estimate of drug-likeness (QED) is 0.884. The van der Waals surface area contributed by atoms with Crippen molar-refractivity contribution in [2.75, 3.05) is 7.11 Å². The standard InChI is InChI=1S/C23H26N2O3/c1-28-19-12-10-17(11-13-19)16-25-20(18-8-4-2-5-9-18)21(26)24-23(22(25)27)14-6-3-7-15-23/h2,4-5,8-13,20H,3,6-7,14-16H2,1H3,(H,24,26). The number of ether oxygens (including phenoxy) is 1. The van der Waals surface area contributed by atoms with Crippen molar-refractivity contribution in [3.63, 3.8) is 0 Å². The van der Waals surface area contributed by atoms with E-state index < -0.39 is 11.6 Å². The van der Waals surface area contributed by atoms with E-state index in [4.69, 9.17) is 4.74 Å². The molecule has 1 saturated heterocycles. The van der Waals surface area contributed by atoms with Crippen LogP contribution in [0, 0.1) is 0 Å². The Morgan fingerprint density at radius 3 is 2.32 bits per heavy atom. The van der Waals surface area contributed by atoms with Gasteiger partial charge in [-0.3, -0.25) is 9.59 Å². The number of piperazine rings is 1. The number of rotatable bonds is 4. The highest BCUT2D eigenvalue weighted by atomic mass is 16.5. The Labute approximate surface area is 165 Å². The van der Waals surface area contributed by atoms with Crippen molar-refractivity contribution in [1.82, 2.24) is 10.2 Å². The van der Waals surface area contributed by atoms with E-state index in [1.165, 1.54) is 0 Å². The number of benzene rings is 2. The van der Waals surface area contributed by atoms with Crippen LogP contribution in [0.2, 0.25) is 0 Å². The molecule has 1 N–H and O–H groups in total. The fraction of sp³-hybridized carbons (Fsp3) is 0.391. The zero-order valence-corrected chi connectivity index (χ0v) is 16.2. The summed E-state index contributed by atoms with van der Waals surface area (Å²) < 4.78 is 5.23. The summed E-state index contributed by atoms with van der Waals surface area (Å²) in [4.78, 5) is 28.6. The lowest BCUT2D eigenvalue weighted by molar-refractivity contribution is -0.157. The minimum absolute atomic E-state index is 0.0384. The second kappa shape index (κ2) is 7.66. The Kier molecular flexibility index (Phi) is 5.07. The first-order valence-electron chi connectivity index (χ1n) is 9.94. The van der Waals surface area contributed by atoms with Crippen LogP contribution in [-0.4, -0.2) is 29.4 Å². The molecule has 28 heavy (non-hydrogen) atoms. The number of nitrogens with one attached hydrogen (secondary N) is 1. The summed E-state index contributed by atoms with van der Waals surface area (Å²) in [5.74, 6) is 0.729. The van der Waals surface area contributed by atoms with Crippen LogP contribution >= 0.6 is 0 Å². The summed E-state index contributed by atoms with van der Waals surface area (Å²) in [6, 6.07) is 16.6. The first-order chi connectivity index (χ1) is 13.6. The van der Waals surface area contributed by atoms with Gasteiger partial charge < -0.3 is 15.0 Å². The van der Waals surface area contributed by atoms with E-state index in [2.05, 4.69) is 5.32 Å². The molecule has 1 spiro atoms. The highest BCUT2D eigenvalue weighted by Crippen LogP contribution is 2.38. The maximum Gasteiger partial charge on any atom is 0.249 e. The van der Waals surface area contributed by atoms with Crippen LogP contribution in [0.3, 0.4) is 0 Å². The minimum Gasteiger partial charge on any atom is -0.497 e. The van der Waals surface area contributed by atoms with Gasteiger partial charge >= 0.3 is 0 Å². The van der Waals surface area contributed by atoms with Crippen molar-refractivity contribution in [1.29, 1.82) is 0 Å². The summed E-state index contributed by atoms with van der Waals surface area (Å²) in [7, 11) is 1.63. The summed E-state index contributed by atoms with van der Waals surface area (Å²) in [6.45, 7) is 0.400. The summed E-state index contributed by atoms with van der Waals surface area (Å²) in [5, 5.41) is 3.11. The molecule has 5 nitrogen and oxygen atoms in total. The Bertz CT molecular complexity index is 842. The molecular weight excluding hydrogens is 352 g/mol. The molecule has 2 fully saturated rings. The molecule has 0 radical (unpaired) electrons. The van der Waals surface area contributed by atoms with E-state index in [-0.39, 0.29) is 11.8 Å². The third kappa shape index (κ3) is 3.37. The van der Waals surface area contributed by atoms with E-state index in [9.17, 15) is 9.59 Å². The third-order valence-electron chi connectivity index (χ3n) is 5.93.